The fraction of sp³-hybridized carbons (Fsp3) is 0. The van der Waals surface area contributed by atoms with Crippen LogP contribution in [0.2, 0.25) is 0 Å². The largest absolute Gasteiger partial charge is 0.506 e. The molecule has 0 aliphatic rings. The summed E-state index contributed by atoms with van der Waals surface area (Å²) < 4.78 is 138. The second-order valence-corrected chi connectivity index (χ2v) is 20.8. The fourth-order valence-corrected chi connectivity index (χ4v) is 9.07. The van der Waals surface area contributed by atoms with Gasteiger partial charge in [-0.15, -0.1) is 0 Å². The summed E-state index contributed by atoms with van der Waals surface area (Å²) in [4.78, 5) is 23.3. The lowest BCUT2D eigenvalue weighted by Crippen LogP contribution is -2.09. The van der Waals surface area contributed by atoms with E-state index in [1.807, 2.05) is 0 Å². The highest BCUT2D eigenvalue weighted by molar-refractivity contribution is 7.86. The minimum Gasteiger partial charge on any atom is -0.506 e. The van der Waals surface area contributed by atoms with Crippen LogP contribution in [0.3, 0.4) is 0 Å². The highest BCUT2D eigenvalue weighted by Crippen LogP contribution is 2.32. The zero-order valence-electron chi connectivity index (χ0n) is 37.1. The van der Waals surface area contributed by atoms with Gasteiger partial charge < -0.3 is 42.1 Å². The minimum atomic E-state index is -5.03. The van der Waals surface area contributed by atoms with Crippen molar-refractivity contribution in [1.29, 1.82) is 0 Å². The summed E-state index contributed by atoms with van der Waals surface area (Å²) in [6.45, 7) is 0. The highest BCUT2D eigenvalue weighted by Gasteiger charge is 2.20. The molecule has 0 aliphatic carbocycles. The van der Waals surface area contributed by atoms with Gasteiger partial charge in [-0.25, -0.2) is 0 Å². The molecular weight excluding hydrogens is 1050 g/mol. The van der Waals surface area contributed by atoms with Crippen molar-refractivity contribution in [1.82, 2.24) is 29.9 Å². The Morgan fingerprint density at radius 3 is 0.959 bits per heavy atom. The predicted molar refractivity (Wildman–Crippen MR) is 270 cm³/mol. The molecule has 6 aromatic carbocycles. The van der Waals surface area contributed by atoms with Crippen LogP contribution >= 0.6 is 0 Å². The maximum Gasteiger partial charge on any atom is 0.295 e. The Labute approximate surface area is 420 Å². The third-order valence-electron chi connectivity index (χ3n) is 9.89. The van der Waals surface area contributed by atoms with Crippen molar-refractivity contribution in [3.63, 3.8) is 0 Å². The Hall–Kier alpha value is -8.88. The van der Waals surface area contributed by atoms with Gasteiger partial charge in [0.05, 0.1) is 21.2 Å². The summed E-state index contributed by atoms with van der Waals surface area (Å²) in [5, 5.41) is 37.5. The van der Waals surface area contributed by atoms with Gasteiger partial charge in [-0.05, 0) is 96.1 Å². The smallest absolute Gasteiger partial charge is 0.295 e. The summed E-state index contributed by atoms with van der Waals surface area (Å²) in [6, 6.07) is 29.4. The number of hydrogen-bond donors (Lipinski definition) is 12. The summed E-state index contributed by atoms with van der Waals surface area (Å²) in [5.74, 6) is -1.62. The topological polar surface area (TPSA) is 407 Å². The van der Waals surface area contributed by atoms with Crippen LogP contribution in [0.25, 0.3) is 12.2 Å². The molecule has 2 heterocycles. The van der Waals surface area contributed by atoms with Crippen molar-refractivity contribution in [2.24, 2.45) is 0 Å². The lowest BCUT2D eigenvalue weighted by atomic mass is 10.1. The molecule has 0 atom stereocenters. The molecule has 2 aromatic heterocycles. The van der Waals surface area contributed by atoms with E-state index in [0.717, 1.165) is 48.6 Å². The quantitative estimate of drug-likeness (QED) is 0.0232. The number of benzene rings is 6. The van der Waals surface area contributed by atoms with Gasteiger partial charge in [-0.1, -0.05) is 60.7 Å². The molecule has 8 rings (SSSR count). The van der Waals surface area contributed by atoms with Crippen LogP contribution in [-0.4, -0.2) is 92.0 Å². The van der Waals surface area contributed by atoms with Crippen LogP contribution < -0.4 is 31.9 Å². The number of aromatic hydroxyl groups is 2. The molecule has 0 unspecified atom stereocenters. The van der Waals surface area contributed by atoms with Crippen LogP contribution in [0.15, 0.2) is 153 Å². The van der Waals surface area contributed by atoms with Gasteiger partial charge in [-0.3, -0.25) is 18.2 Å². The maximum absolute atomic E-state index is 12.8. The SMILES string of the molecule is O=S(=O)(O)c1cccc(Nc2nc(Nc3ccc(C=Cc4ccc(Nc5nc(Nc6cccc(S(=O)(=O)O)c6)nc(Nc6ccccc6O)n5)cc4S(=O)(=O)O)c(S(=O)(=O)O)c3)nc(Nc3ccccc3O)n2)c1. The van der Waals surface area contributed by atoms with Crippen LogP contribution in [0, 0.1) is 0 Å². The molecule has 0 spiro atoms. The van der Waals surface area contributed by atoms with Crippen LogP contribution in [0.1, 0.15) is 11.1 Å². The van der Waals surface area contributed by atoms with Gasteiger partial charge >= 0.3 is 0 Å². The summed E-state index contributed by atoms with van der Waals surface area (Å²) >= 11 is 0. The van der Waals surface area contributed by atoms with E-state index in [2.05, 4.69) is 61.8 Å². The molecule has 0 aliphatic heterocycles. The molecule has 0 saturated carbocycles. The van der Waals surface area contributed by atoms with E-state index in [1.165, 1.54) is 72.8 Å². The number of nitrogens with one attached hydrogen (secondary N) is 6. The van der Waals surface area contributed by atoms with Gasteiger partial charge in [0.2, 0.25) is 35.7 Å². The molecule has 0 fully saturated rings. The van der Waals surface area contributed by atoms with Gasteiger partial charge in [0, 0.05) is 22.7 Å². The lowest BCUT2D eigenvalue weighted by Gasteiger charge is -2.13. The highest BCUT2D eigenvalue weighted by atomic mass is 32.2. The zero-order valence-corrected chi connectivity index (χ0v) is 40.4. The molecule has 26 nitrogen and oxygen atoms in total. The third kappa shape index (κ3) is 13.1. The van der Waals surface area contributed by atoms with Gasteiger partial charge in [0.1, 0.15) is 21.3 Å². The third-order valence-corrected chi connectivity index (χ3v) is 13.4. The molecule has 0 saturated heterocycles. The molecule has 0 radical (unpaired) electrons. The molecule has 74 heavy (non-hydrogen) atoms. The van der Waals surface area contributed by atoms with Crippen LogP contribution in [0.4, 0.5) is 69.8 Å². The summed E-state index contributed by atoms with van der Waals surface area (Å²) in [7, 11) is -19.3. The first kappa shape index (κ1) is 51.5. The van der Waals surface area contributed by atoms with Gasteiger partial charge in [-0.2, -0.15) is 63.6 Å². The van der Waals surface area contributed by atoms with Crippen molar-refractivity contribution in [2.75, 3.05) is 31.9 Å². The Kier molecular flexibility index (Phi) is 14.4. The Morgan fingerprint density at radius 1 is 0.338 bits per heavy atom. The first-order valence-corrected chi connectivity index (χ1v) is 26.5. The van der Waals surface area contributed by atoms with E-state index >= 15 is 0 Å². The van der Waals surface area contributed by atoms with Gasteiger partial charge in [0.15, 0.2) is 0 Å². The lowest BCUT2D eigenvalue weighted by molar-refractivity contribution is 0.477. The predicted octanol–water partition coefficient (Wildman–Crippen LogP) is 7.09. The number of nitrogens with zero attached hydrogens (tertiary/aromatic N) is 6. The molecule has 380 valence electrons. The Bertz CT molecular complexity index is 3730. The van der Waals surface area contributed by atoms with Crippen molar-refractivity contribution in [2.45, 2.75) is 19.6 Å². The molecule has 0 amide bonds. The molecule has 0 bridgehead atoms. The summed E-state index contributed by atoms with van der Waals surface area (Å²) in [5.41, 5.74) is 0.179. The molecule has 12 N–H and O–H groups in total. The van der Waals surface area contributed by atoms with Gasteiger partial charge in [0.25, 0.3) is 40.5 Å². The van der Waals surface area contributed by atoms with E-state index in [9.17, 15) is 62.1 Å². The van der Waals surface area contributed by atoms with Crippen molar-refractivity contribution in [3.05, 3.63) is 145 Å². The minimum absolute atomic E-state index is 0.0231. The Balaban J connectivity index is 1.09. The second kappa shape index (κ2) is 20.7. The maximum atomic E-state index is 12.8. The normalized spacial score (nSPS) is 12.0. The number of aromatic nitrogens is 6. The van der Waals surface area contributed by atoms with E-state index in [-0.39, 0.29) is 92.4 Å². The van der Waals surface area contributed by atoms with Crippen LogP contribution in [0.5, 0.6) is 11.5 Å². The number of phenolic OH excluding ortho intramolecular Hbond substituents is 2. The number of para-hydroxylation sites is 4. The van der Waals surface area contributed by atoms with E-state index < -0.39 is 60.1 Å². The van der Waals surface area contributed by atoms with Crippen LogP contribution in [-0.2, 0) is 40.5 Å². The first-order chi connectivity index (χ1) is 34.9. The number of phenols is 2. The number of hydrogen-bond acceptors (Lipinski definition) is 22. The number of rotatable bonds is 18. The standard InChI is InChI=1S/C44H36N12O14S4/c57-35-13-3-1-11-33(35)49-43-53-39(45-27-7-5-9-31(21-27)71(59,60)61)51-41(55-43)47-29-19-17-25(37(23-29)73(65,66)67)15-16-26-18-20-30(24-38(26)74(68,69)70)48-42-52-40(46-28-8-6-10-32(22-28)72(62,63)64)54-44(56-42)50-34-12-2-4-14-36(34)58/h1-24,57-58H,(H,59,60,61)(H,62,63,64)(H,65,66,67)(H,68,69,70)(H3,45,47,49,51,53,55)(H3,46,48,50,52,54,56). The molecular formula is C44H36N12O14S4. The van der Waals surface area contributed by atoms with Crippen molar-refractivity contribution >= 4 is 122 Å². The molecule has 30 heteroatoms. The molecule has 8 aromatic rings. The Morgan fingerprint density at radius 2 is 0.649 bits per heavy atom. The summed E-state index contributed by atoms with van der Waals surface area (Å²) in [6.07, 6.45) is 2.28. The zero-order chi connectivity index (χ0) is 53.0. The van der Waals surface area contributed by atoms with Crippen molar-refractivity contribution < 1.29 is 62.1 Å². The number of anilines is 12. The monoisotopic (exact) mass is 1080 g/mol. The average Bonchev–Trinajstić information content (AvgIpc) is 3.32. The fourth-order valence-electron chi connectivity index (χ4n) is 6.60. The van der Waals surface area contributed by atoms with E-state index in [0.29, 0.717) is 0 Å². The van der Waals surface area contributed by atoms with E-state index in [1.54, 1.807) is 24.3 Å². The first-order valence-electron chi connectivity index (χ1n) is 20.7. The van der Waals surface area contributed by atoms with E-state index in [4.69, 9.17) is 0 Å². The second-order valence-electron chi connectivity index (χ2n) is 15.2. The average molecular weight is 1090 g/mol. The van der Waals surface area contributed by atoms with Crippen molar-refractivity contribution in [3.8, 4) is 11.5 Å².